The van der Waals surface area contributed by atoms with E-state index >= 15 is 0 Å². The number of carbonyl (C=O) groups is 1. The Bertz CT molecular complexity index is 638. The third kappa shape index (κ3) is 2.03. The molecule has 1 aromatic carbocycles. The Kier molecular flexibility index (Phi) is 3.14. The first kappa shape index (κ1) is 12.7. The Morgan fingerprint density at radius 2 is 2.25 bits per heavy atom. The number of fused-ring (bicyclic) bond motifs is 1. The van der Waals surface area contributed by atoms with Crippen LogP contribution in [-0.4, -0.2) is 32.4 Å². The van der Waals surface area contributed by atoms with Gasteiger partial charge in [0.15, 0.2) is 0 Å². The average Bonchev–Trinajstić information content (AvgIpc) is 3.04. The minimum Gasteiger partial charge on any atom is -0.481 e. The van der Waals surface area contributed by atoms with Crippen molar-refractivity contribution in [3.63, 3.8) is 0 Å². The number of benzene rings is 1. The highest BCUT2D eigenvalue weighted by Crippen LogP contribution is 2.36. The van der Waals surface area contributed by atoms with Crippen LogP contribution in [0.2, 0.25) is 0 Å². The Morgan fingerprint density at radius 1 is 1.45 bits per heavy atom. The van der Waals surface area contributed by atoms with Gasteiger partial charge in [-0.2, -0.15) is 5.10 Å². The van der Waals surface area contributed by atoms with Crippen LogP contribution in [0.5, 0.6) is 0 Å². The zero-order valence-electron chi connectivity index (χ0n) is 11.2. The van der Waals surface area contributed by atoms with Crippen LogP contribution in [0.25, 0.3) is 0 Å². The van der Waals surface area contributed by atoms with Crippen LogP contribution in [0, 0.1) is 0 Å². The second-order valence-electron chi connectivity index (χ2n) is 4.82. The Balaban J connectivity index is 1.91. The molecule has 0 fully saturated rings. The number of aromatic nitrogens is 3. The number of aryl methyl sites for hydroxylation is 1. The lowest BCUT2D eigenvalue weighted by molar-refractivity contribution is -0.138. The molecule has 1 aromatic heterocycles. The van der Waals surface area contributed by atoms with Crippen molar-refractivity contribution in [3.05, 3.63) is 42.0 Å². The van der Waals surface area contributed by atoms with Crippen LogP contribution in [-0.2, 0) is 17.9 Å². The molecule has 6 nitrogen and oxygen atoms in total. The summed E-state index contributed by atoms with van der Waals surface area (Å²) in [4.78, 5) is 17.7. The van der Waals surface area contributed by atoms with Crippen LogP contribution < -0.4 is 4.90 Å². The van der Waals surface area contributed by atoms with Crippen molar-refractivity contribution in [2.75, 3.05) is 11.4 Å². The van der Waals surface area contributed by atoms with Crippen molar-refractivity contribution >= 4 is 11.7 Å². The van der Waals surface area contributed by atoms with Gasteiger partial charge in [0.1, 0.15) is 18.1 Å². The number of anilines is 1. The van der Waals surface area contributed by atoms with Crippen LogP contribution in [0.4, 0.5) is 5.69 Å². The molecule has 1 aliphatic heterocycles. The van der Waals surface area contributed by atoms with E-state index in [9.17, 15) is 9.90 Å². The van der Waals surface area contributed by atoms with Gasteiger partial charge in [-0.25, -0.2) is 9.67 Å². The van der Waals surface area contributed by atoms with Crippen molar-refractivity contribution < 1.29 is 9.90 Å². The first-order valence-corrected chi connectivity index (χ1v) is 6.64. The molecule has 0 amide bonds. The van der Waals surface area contributed by atoms with Gasteiger partial charge in [-0.1, -0.05) is 18.2 Å². The molecule has 1 unspecified atom stereocenters. The Labute approximate surface area is 116 Å². The van der Waals surface area contributed by atoms with Crippen molar-refractivity contribution in [1.82, 2.24) is 14.8 Å². The lowest BCUT2D eigenvalue weighted by atomic mass is 10.0. The summed E-state index contributed by atoms with van der Waals surface area (Å²) in [5.74, 6) is -0.394. The van der Waals surface area contributed by atoms with Gasteiger partial charge in [0.25, 0.3) is 0 Å². The molecule has 1 atom stereocenters. The lowest BCUT2D eigenvalue weighted by Gasteiger charge is -2.19. The maximum absolute atomic E-state index is 11.4. The fourth-order valence-corrected chi connectivity index (χ4v) is 2.69. The predicted octanol–water partition coefficient (Wildman–Crippen LogP) is 1.49. The second kappa shape index (κ2) is 4.96. The number of carboxylic acids is 1. The van der Waals surface area contributed by atoms with Crippen LogP contribution in [0.1, 0.15) is 24.2 Å². The number of aliphatic carboxylic acids is 1. The van der Waals surface area contributed by atoms with E-state index in [4.69, 9.17) is 0 Å². The monoisotopic (exact) mass is 272 g/mol. The fourth-order valence-electron chi connectivity index (χ4n) is 2.69. The number of rotatable bonds is 4. The number of hydrogen-bond donors (Lipinski definition) is 1. The van der Waals surface area contributed by atoms with E-state index in [1.54, 1.807) is 0 Å². The van der Waals surface area contributed by atoms with Crippen molar-refractivity contribution in [2.24, 2.45) is 0 Å². The minimum absolute atomic E-state index is 0.468. The van der Waals surface area contributed by atoms with E-state index in [0.717, 1.165) is 23.6 Å². The summed E-state index contributed by atoms with van der Waals surface area (Å²) in [5.41, 5.74) is 1.85. The molecular formula is C14H16N4O2. The first-order chi connectivity index (χ1) is 9.70. The molecule has 20 heavy (non-hydrogen) atoms. The van der Waals surface area contributed by atoms with E-state index < -0.39 is 11.9 Å². The molecule has 2 heterocycles. The Morgan fingerprint density at radius 3 is 3.00 bits per heavy atom. The second-order valence-corrected chi connectivity index (χ2v) is 4.82. The Hall–Kier alpha value is -2.37. The lowest BCUT2D eigenvalue weighted by Crippen LogP contribution is -2.25. The summed E-state index contributed by atoms with van der Waals surface area (Å²) in [5, 5.41) is 13.5. The van der Waals surface area contributed by atoms with E-state index in [2.05, 4.69) is 15.0 Å². The van der Waals surface area contributed by atoms with Gasteiger partial charge in [-0.05, 0) is 18.6 Å². The number of para-hydroxylation sites is 1. The van der Waals surface area contributed by atoms with E-state index in [1.807, 2.05) is 35.9 Å². The number of nitrogens with zero attached hydrogens (tertiary/aromatic N) is 4. The minimum atomic E-state index is -0.781. The standard InChI is InChI=1S/C14H16N4O2/c1-2-18-13(15-9-16-18)8-17-7-11(14(19)20)10-5-3-4-6-12(10)17/h3-6,9,11H,2,7-8H2,1H3,(H,19,20). The van der Waals surface area contributed by atoms with Gasteiger partial charge < -0.3 is 10.0 Å². The molecule has 104 valence electrons. The normalized spacial score (nSPS) is 17.2. The van der Waals surface area contributed by atoms with Crippen molar-refractivity contribution in [2.45, 2.75) is 25.9 Å². The molecule has 1 aliphatic rings. The van der Waals surface area contributed by atoms with E-state index in [0.29, 0.717) is 13.1 Å². The summed E-state index contributed by atoms with van der Waals surface area (Å²) in [6.45, 7) is 3.82. The topological polar surface area (TPSA) is 71.2 Å². The molecular weight excluding hydrogens is 256 g/mol. The average molecular weight is 272 g/mol. The largest absolute Gasteiger partial charge is 0.481 e. The molecule has 0 spiro atoms. The van der Waals surface area contributed by atoms with Gasteiger partial charge in [0.2, 0.25) is 0 Å². The molecule has 0 bridgehead atoms. The van der Waals surface area contributed by atoms with E-state index in [-0.39, 0.29) is 0 Å². The molecule has 2 aromatic rings. The van der Waals surface area contributed by atoms with E-state index in [1.165, 1.54) is 6.33 Å². The van der Waals surface area contributed by atoms with Crippen molar-refractivity contribution in [1.29, 1.82) is 0 Å². The molecule has 1 N–H and O–H groups in total. The van der Waals surface area contributed by atoms with Crippen LogP contribution in [0.3, 0.4) is 0 Å². The fraction of sp³-hybridized carbons (Fsp3) is 0.357. The van der Waals surface area contributed by atoms with Crippen LogP contribution in [0.15, 0.2) is 30.6 Å². The summed E-state index contributed by atoms with van der Waals surface area (Å²) in [6, 6.07) is 7.66. The summed E-state index contributed by atoms with van der Waals surface area (Å²) in [6.07, 6.45) is 1.54. The highest BCUT2D eigenvalue weighted by molar-refractivity contribution is 5.82. The van der Waals surface area contributed by atoms with Crippen molar-refractivity contribution in [3.8, 4) is 0 Å². The van der Waals surface area contributed by atoms with Gasteiger partial charge in [-0.15, -0.1) is 0 Å². The first-order valence-electron chi connectivity index (χ1n) is 6.64. The highest BCUT2D eigenvalue weighted by atomic mass is 16.4. The van der Waals surface area contributed by atoms with Gasteiger partial charge in [0.05, 0.1) is 6.54 Å². The number of carboxylic acid groups (broad SMARTS) is 1. The molecule has 0 aliphatic carbocycles. The third-order valence-corrected chi connectivity index (χ3v) is 3.68. The smallest absolute Gasteiger partial charge is 0.312 e. The summed E-state index contributed by atoms with van der Waals surface area (Å²) >= 11 is 0. The van der Waals surface area contributed by atoms with Gasteiger partial charge in [-0.3, -0.25) is 4.79 Å². The molecule has 0 radical (unpaired) electrons. The molecule has 0 saturated heterocycles. The molecule has 0 saturated carbocycles. The SMILES string of the molecule is CCn1ncnc1CN1CC(C(=O)O)c2ccccc21. The maximum Gasteiger partial charge on any atom is 0.312 e. The molecule has 6 heteroatoms. The summed E-state index contributed by atoms with van der Waals surface area (Å²) in [7, 11) is 0. The van der Waals surface area contributed by atoms with Crippen LogP contribution >= 0.6 is 0 Å². The third-order valence-electron chi connectivity index (χ3n) is 3.68. The predicted molar refractivity (Wildman–Crippen MR) is 73.6 cm³/mol. The maximum atomic E-state index is 11.4. The zero-order valence-corrected chi connectivity index (χ0v) is 11.2. The van der Waals surface area contributed by atoms with Gasteiger partial charge >= 0.3 is 5.97 Å². The number of hydrogen-bond acceptors (Lipinski definition) is 4. The van der Waals surface area contributed by atoms with Gasteiger partial charge in [0, 0.05) is 18.8 Å². The zero-order chi connectivity index (χ0) is 14.1. The highest BCUT2D eigenvalue weighted by Gasteiger charge is 2.33. The quantitative estimate of drug-likeness (QED) is 0.913. The summed E-state index contributed by atoms with van der Waals surface area (Å²) < 4.78 is 1.83. The molecule has 3 rings (SSSR count).